The molecule has 3 N–H and O–H groups in total. The number of fused-ring (bicyclic) bond motifs is 3. The third kappa shape index (κ3) is 0.898. The monoisotopic (exact) mass is 190 g/mol. The van der Waals surface area contributed by atoms with Gasteiger partial charge in [0.15, 0.2) is 0 Å². The van der Waals surface area contributed by atoms with Crippen LogP contribution < -0.4 is 16.2 Å². The van der Waals surface area contributed by atoms with Gasteiger partial charge >= 0.3 is 0 Å². The van der Waals surface area contributed by atoms with Gasteiger partial charge in [-0.15, -0.1) is 0 Å². The minimum absolute atomic E-state index is 0.0424. The van der Waals surface area contributed by atoms with Crippen LogP contribution in [0.4, 0.5) is 5.82 Å². The lowest BCUT2D eigenvalue weighted by Crippen LogP contribution is -2.32. The fraction of sp³-hybridized carbons (Fsp3) is 0.222. The van der Waals surface area contributed by atoms with Crippen molar-refractivity contribution in [1.29, 1.82) is 0 Å². The first-order valence-corrected chi connectivity index (χ1v) is 4.53. The van der Waals surface area contributed by atoms with Crippen LogP contribution in [0, 0.1) is 0 Å². The molecule has 2 aromatic rings. The first kappa shape index (κ1) is 7.64. The zero-order valence-corrected chi connectivity index (χ0v) is 7.50. The lowest BCUT2D eigenvalue weighted by molar-refractivity contribution is 0.677. The molecule has 72 valence electrons. The van der Waals surface area contributed by atoms with Crippen molar-refractivity contribution in [3.05, 3.63) is 34.4 Å². The normalized spacial score (nSPS) is 15.1. The Labute approximate surface area is 79.8 Å². The Balaban J connectivity index is 2.44. The third-order valence-electron chi connectivity index (χ3n) is 2.46. The van der Waals surface area contributed by atoms with Gasteiger partial charge in [0.2, 0.25) is 0 Å². The number of anilines is 1. The fourth-order valence-corrected chi connectivity index (χ4v) is 1.82. The smallest absolute Gasteiger partial charge is 0.272 e. The third-order valence-corrected chi connectivity index (χ3v) is 2.46. The zero-order valence-electron chi connectivity index (χ0n) is 7.50. The molecule has 0 bridgehead atoms. The van der Waals surface area contributed by atoms with Crippen molar-refractivity contribution in [2.75, 3.05) is 12.0 Å². The minimum Gasteiger partial charge on any atom is -0.357 e. The SMILES string of the molecule is O=c1[nH]c2c(n3cccc13)NCNC2. The fourth-order valence-electron chi connectivity index (χ4n) is 1.82. The Hall–Kier alpha value is -1.75. The molecular weight excluding hydrogens is 180 g/mol. The van der Waals surface area contributed by atoms with Crippen molar-refractivity contribution in [3.8, 4) is 0 Å². The lowest BCUT2D eigenvalue weighted by Gasteiger charge is -2.19. The van der Waals surface area contributed by atoms with Gasteiger partial charge in [-0.1, -0.05) is 0 Å². The van der Waals surface area contributed by atoms with E-state index in [-0.39, 0.29) is 5.56 Å². The second-order valence-electron chi connectivity index (χ2n) is 3.33. The quantitative estimate of drug-likeness (QED) is 0.552. The van der Waals surface area contributed by atoms with Crippen molar-refractivity contribution >= 4 is 11.3 Å². The highest BCUT2D eigenvalue weighted by Gasteiger charge is 2.13. The molecule has 0 aliphatic carbocycles. The molecule has 0 saturated heterocycles. The summed E-state index contributed by atoms with van der Waals surface area (Å²) in [7, 11) is 0. The lowest BCUT2D eigenvalue weighted by atomic mass is 10.3. The van der Waals surface area contributed by atoms with Gasteiger partial charge in [0.1, 0.15) is 11.3 Å². The molecule has 0 aromatic carbocycles. The van der Waals surface area contributed by atoms with Gasteiger partial charge in [-0.3, -0.25) is 14.5 Å². The zero-order chi connectivity index (χ0) is 9.54. The van der Waals surface area contributed by atoms with Crippen LogP contribution in [-0.4, -0.2) is 16.1 Å². The Morgan fingerprint density at radius 2 is 2.36 bits per heavy atom. The van der Waals surface area contributed by atoms with E-state index in [0.29, 0.717) is 12.1 Å². The first-order valence-electron chi connectivity index (χ1n) is 4.53. The van der Waals surface area contributed by atoms with Gasteiger partial charge in [0.25, 0.3) is 5.56 Å². The maximum absolute atomic E-state index is 11.6. The summed E-state index contributed by atoms with van der Waals surface area (Å²) >= 11 is 0. The molecule has 0 unspecified atom stereocenters. The summed E-state index contributed by atoms with van der Waals surface area (Å²) in [5.74, 6) is 0.975. The molecule has 1 aliphatic heterocycles. The van der Waals surface area contributed by atoms with Crippen LogP contribution >= 0.6 is 0 Å². The largest absolute Gasteiger partial charge is 0.357 e. The standard InChI is InChI=1S/C9H10N4O/c14-9-7-2-1-3-13(7)8-6(12-9)4-10-5-11-8/h1-3,10-11H,4-5H2,(H,12,14). The predicted molar refractivity (Wildman–Crippen MR) is 53.3 cm³/mol. The molecule has 0 spiro atoms. The number of H-pyrrole nitrogens is 1. The van der Waals surface area contributed by atoms with Crippen LogP contribution in [-0.2, 0) is 6.54 Å². The molecule has 14 heavy (non-hydrogen) atoms. The molecular formula is C9H10N4O. The maximum atomic E-state index is 11.6. The van der Waals surface area contributed by atoms with Crippen LogP contribution in [0.15, 0.2) is 23.1 Å². The van der Waals surface area contributed by atoms with Crippen molar-refractivity contribution < 1.29 is 0 Å². The Bertz CT molecular complexity index is 539. The summed E-state index contributed by atoms with van der Waals surface area (Å²) in [6, 6.07) is 3.68. The van der Waals surface area contributed by atoms with Crippen LogP contribution in [0.5, 0.6) is 0 Å². The molecule has 3 rings (SSSR count). The number of hydrogen-bond donors (Lipinski definition) is 3. The maximum Gasteiger partial charge on any atom is 0.272 e. The summed E-state index contributed by atoms with van der Waals surface area (Å²) in [6.45, 7) is 1.43. The summed E-state index contributed by atoms with van der Waals surface area (Å²) in [5, 5.41) is 6.33. The summed E-state index contributed by atoms with van der Waals surface area (Å²) in [6.07, 6.45) is 1.89. The molecule has 5 nitrogen and oxygen atoms in total. The van der Waals surface area contributed by atoms with E-state index < -0.39 is 0 Å². The van der Waals surface area contributed by atoms with Gasteiger partial charge in [-0.05, 0) is 12.1 Å². The van der Waals surface area contributed by atoms with E-state index >= 15 is 0 Å². The second kappa shape index (κ2) is 2.62. The van der Waals surface area contributed by atoms with Crippen LogP contribution in [0.3, 0.4) is 0 Å². The molecule has 0 saturated carbocycles. The number of hydrogen-bond acceptors (Lipinski definition) is 3. The molecule has 5 heteroatoms. The van der Waals surface area contributed by atoms with E-state index in [1.165, 1.54) is 0 Å². The Morgan fingerprint density at radius 1 is 1.43 bits per heavy atom. The second-order valence-corrected chi connectivity index (χ2v) is 3.33. The molecule has 2 aromatic heterocycles. The van der Waals surface area contributed by atoms with Crippen LogP contribution in [0.25, 0.3) is 5.52 Å². The number of aromatic nitrogens is 2. The average Bonchev–Trinajstić information content (AvgIpc) is 2.67. The number of nitrogens with one attached hydrogen (secondary N) is 3. The van der Waals surface area contributed by atoms with Gasteiger partial charge in [-0.2, -0.15) is 0 Å². The summed E-state index contributed by atoms with van der Waals surface area (Å²) < 4.78 is 1.88. The van der Waals surface area contributed by atoms with Crippen molar-refractivity contribution in [3.63, 3.8) is 0 Å². The topological polar surface area (TPSA) is 61.3 Å². The van der Waals surface area contributed by atoms with E-state index in [1.54, 1.807) is 0 Å². The van der Waals surface area contributed by atoms with Gasteiger partial charge in [-0.25, -0.2) is 0 Å². The van der Waals surface area contributed by atoms with Gasteiger partial charge < -0.3 is 10.3 Å². The summed E-state index contributed by atoms with van der Waals surface area (Å²) in [5.41, 5.74) is 1.54. The van der Waals surface area contributed by atoms with E-state index in [1.807, 2.05) is 22.7 Å². The van der Waals surface area contributed by atoms with E-state index in [4.69, 9.17) is 0 Å². The molecule has 0 fully saturated rings. The van der Waals surface area contributed by atoms with E-state index in [9.17, 15) is 4.79 Å². The number of aromatic amines is 1. The van der Waals surface area contributed by atoms with Crippen molar-refractivity contribution in [2.24, 2.45) is 0 Å². The van der Waals surface area contributed by atoms with Gasteiger partial charge in [0.05, 0.1) is 12.4 Å². The molecule has 0 atom stereocenters. The highest BCUT2D eigenvalue weighted by Crippen LogP contribution is 2.15. The number of rotatable bonds is 0. The highest BCUT2D eigenvalue weighted by atomic mass is 16.1. The average molecular weight is 190 g/mol. The van der Waals surface area contributed by atoms with Crippen molar-refractivity contribution in [1.82, 2.24) is 14.7 Å². The molecule has 0 amide bonds. The van der Waals surface area contributed by atoms with Crippen LogP contribution in [0.1, 0.15) is 5.69 Å². The van der Waals surface area contributed by atoms with Crippen LogP contribution in [0.2, 0.25) is 0 Å². The van der Waals surface area contributed by atoms with Gasteiger partial charge in [0, 0.05) is 12.7 Å². The molecule has 3 heterocycles. The van der Waals surface area contributed by atoms with E-state index in [0.717, 1.165) is 18.2 Å². The number of nitrogens with zero attached hydrogens (tertiary/aromatic N) is 1. The summed E-state index contributed by atoms with van der Waals surface area (Å²) in [4.78, 5) is 14.4. The highest BCUT2D eigenvalue weighted by molar-refractivity contribution is 5.56. The minimum atomic E-state index is -0.0424. The predicted octanol–water partition coefficient (Wildman–Crippen LogP) is 0.100. The molecule has 0 radical (unpaired) electrons. The van der Waals surface area contributed by atoms with E-state index in [2.05, 4.69) is 15.6 Å². The Morgan fingerprint density at radius 3 is 3.29 bits per heavy atom. The Kier molecular flexibility index (Phi) is 1.43. The molecule has 1 aliphatic rings. The first-order chi connectivity index (χ1) is 6.86. The van der Waals surface area contributed by atoms with Crippen molar-refractivity contribution in [2.45, 2.75) is 6.54 Å².